The van der Waals surface area contributed by atoms with E-state index in [4.69, 9.17) is 11.0 Å². The summed E-state index contributed by atoms with van der Waals surface area (Å²) < 4.78 is 6.61. The molecule has 2 nitrogen and oxygen atoms in total. The van der Waals surface area contributed by atoms with Gasteiger partial charge in [-0.3, -0.25) is 0 Å². The molecule has 0 aliphatic rings. The molecule has 1 heterocycles. The Morgan fingerprint density at radius 3 is 2.70 bits per heavy atom. The lowest BCUT2D eigenvalue weighted by Gasteiger charge is -1.78. The van der Waals surface area contributed by atoms with Gasteiger partial charge in [0.15, 0.2) is 10.4 Å². The molecule has 0 radical (unpaired) electrons. The lowest BCUT2D eigenvalue weighted by molar-refractivity contribution is 0.498. The minimum absolute atomic E-state index is 0.296. The van der Waals surface area contributed by atoms with Crippen LogP contribution in [-0.4, -0.2) is 0 Å². The smallest absolute Gasteiger partial charge is 0.271 e. The van der Waals surface area contributed by atoms with Crippen molar-refractivity contribution in [3.63, 3.8) is 0 Å². The minimum atomic E-state index is 0.296. The Morgan fingerprint density at radius 1 is 1.60 bits per heavy atom. The summed E-state index contributed by atoms with van der Waals surface area (Å²) in [6, 6.07) is 1.78. The van der Waals surface area contributed by atoms with Crippen LogP contribution in [0.5, 0.6) is 0 Å². The standard InChI is InChI=1S/C6H3Br2NO/c1-9-3-4-2-5(7)6(8)10-4/h2H,3H2. The van der Waals surface area contributed by atoms with Crippen molar-refractivity contribution in [3.05, 3.63) is 32.4 Å². The molecule has 0 bridgehead atoms. The van der Waals surface area contributed by atoms with Crippen molar-refractivity contribution in [2.24, 2.45) is 0 Å². The Kier molecular flexibility index (Phi) is 2.52. The summed E-state index contributed by atoms with van der Waals surface area (Å²) >= 11 is 6.41. The average molecular weight is 265 g/mol. The van der Waals surface area contributed by atoms with Gasteiger partial charge in [0.05, 0.1) is 4.47 Å². The van der Waals surface area contributed by atoms with Crippen molar-refractivity contribution in [2.75, 3.05) is 0 Å². The molecule has 0 spiro atoms. The summed E-state index contributed by atoms with van der Waals surface area (Å²) in [5.41, 5.74) is 0. The van der Waals surface area contributed by atoms with Gasteiger partial charge in [0, 0.05) is 6.07 Å². The first kappa shape index (κ1) is 7.83. The summed E-state index contributed by atoms with van der Waals surface area (Å²) in [5, 5.41) is 0. The third-order valence-electron chi connectivity index (χ3n) is 0.931. The van der Waals surface area contributed by atoms with Gasteiger partial charge in [-0.05, 0) is 31.9 Å². The van der Waals surface area contributed by atoms with Crippen molar-refractivity contribution in [3.8, 4) is 0 Å². The molecule has 0 unspecified atom stereocenters. The van der Waals surface area contributed by atoms with Gasteiger partial charge in [0.25, 0.3) is 6.54 Å². The zero-order chi connectivity index (χ0) is 7.56. The maximum absolute atomic E-state index is 6.55. The second kappa shape index (κ2) is 3.22. The molecule has 0 saturated heterocycles. The minimum Gasteiger partial charge on any atom is -0.445 e. The molecule has 0 N–H and O–H groups in total. The summed E-state index contributed by atoms with van der Waals surface area (Å²) in [7, 11) is 0. The molecular weight excluding hydrogens is 262 g/mol. The van der Waals surface area contributed by atoms with E-state index in [9.17, 15) is 0 Å². The lowest BCUT2D eigenvalue weighted by Crippen LogP contribution is -1.67. The molecule has 1 aromatic rings. The zero-order valence-electron chi connectivity index (χ0n) is 4.90. The first-order chi connectivity index (χ1) is 4.74. The van der Waals surface area contributed by atoms with E-state index in [2.05, 4.69) is 36.7 Å². The van der Waals surface area contributed by atoms with E-state index in [-0.39, 0.29) is 0 Å². The van der Waals surface area contributed by atoms with Crippen LogP contribution >= 0.6 is 31.9 Å². The van der Waals surface area contributed by atoms with Gasteiger partial charge in [-0.2, -0.15) is 0 Å². The van der Waals surface area contributed by atoms with Crippen molar-refractivity contribution < 1.29 is 4.42 Å². The molecule has 52 valence electrons. The highest BCUT2D eigenvalue weighted by Gasteiger charge is 2.06. The lowest BCUT2D eigenvalue weighted by atomic mass is 10.5. The molecule has 10 heavy (non-hydrogen) atoms. The number of halogens is 2. The molecule has 0 fully saturated rings. The van der Waals surface area contributed by atoms with E-state index in [1.54, 1.807) is 6.07 Å². The van der Waals surface area contributed by atoms with Gasteiger partial charge < -0.3 is 9.26 Å². The second-order valence-electron chi connectivity index (χ2n) is 1.65. The van der Waals surface area contributed by atoms with Gasteiger partial charge in [0.1, 0.15) is 0 Å². The van der Waals surface area contributed by atoms with Crippen LogP contribution in [0.15, 0.2) is 19.6 Å². The highest BCUT2D eigenvalue weighted by Crippen LogP contribution is 2.26. The zero-order valence-corrected chi connectivity index (χ0v) is 8.07. The van der Waals surface area contributed by atoms with Crippen LogP contribution in [0.2, 0.25) is 0 Å². The van der Waals surface area contributed by atoms with Crippen LogP contribution in [0.25, 0.3) is 4.85 Å². The van der Waals surface area contributed by atoms with Crippen LogP contribution in [0, 0.1) is 6.57 Å². The molecule has 0 aliphatic heterocycles. The number of furan rings is 1. The number of rotatable bonds is 1. The fourth-order valence-electron chi connectivity index (χ4n) is 0.547. The third-order valence-corrected chi connectivity index (χ3v) is 2.64. The number of nitrogens with zero attached hydrogens (tertiary/aromatic N) is 1. The first-order valence-electron chi connectivity index (χ1n) is 2.51. The Labute approximate surface area is 75.3 Å². The molecular formula is C6H3Br2NO. The van der Waals surface area contributed by atoms with E-state index in [0.717, 1.165) is 4.47 Å². The Balaban J connectivity index is 2.90. The molecule has 0 atom stereocenters. The van der Waals surface area contributed by atoms with Crippen LogP contribution in [0.3, 0.4) is 0 Å². The van der Waals surface area contributed by atoms with Gasteiger partial charge in [-0.25, -0.2) is 6.57 Å². The topological polar surface area (TPSA) is 17.5 Å². The second-order valence-corrected chi connectivity index (χ2v) is 3.23. The van der Waals surface area contributed by atoms with E-state index in [0.29, 0.717) is 17.0 Å². The summed E-state index contributed by atoms with van der Waals surface area (Å²) in [6.45, 7) is 6.85. The molecule has 0 amide bonds. The maximum Gasteiger partial charge on any atom is 0.271 e. The third kappa shape index (κ3) is 1.61. The monoisotopic (exact) mass is 263 g/mol. The average Bonchev–Trinajstić information content (AvgIpc) is 2.14. The largest absolute Gasteiger partial charge is 0.445 e. The Hall–Kier alpha value is -0.270. The van der Waals surface area contributed by atoms with E-state index >= 15 is 0 Å². The fraction of sp³-hybridized carbons (Fsp3) is 0.167. The normalized spacial score (nSPS) is 9.30. The van der Waals surface area contributed by atoms with Crippen LogP contribution < -0.4 is 0 Å². The Morgan fingerprint density at radius 2 is 2.30 bits per heavy atom. The van der Waals surface area contributed by atoms with Gasteiger partial charge in [-0.1, -0.05) is 0 Å². The Bertz CT molecular complexity index is 254. The van der Waals surface area contributed by atoms with Crippen molar-refractivity contribution in [1.29, 1.82) is 0 Å². The SMILES string of the molecule is [C-]#[N+]Cc1cc(Br)c(Br)o1. The van der Waals surface area contributed by atoms with Gasteiger partial charge in [0.2, 0.25) is 0 Å². The predicted molar refractivity (Wildman–Crippen MR) is 44.4 cm³/mol. The molecule has 0 aliphatic carbocycles. The molecule has 4 heteroatoms. The van der Waals surface area contributed by atoms with Crippen molar-refractivity contribution in [1.82, 2.24) is 0 Å². The number of hydrogen-bond donors (Lipinski definition) is 0. The van der Waals surface area contributed by atoms with Crippen LogP contribution in [-0.2, 0) is 6.54 Å². The van der Waals surface area contributed by atoms with E-state index in [1.807, 2.05) is 0 Å². The highest BCUT2D eigenvalue weighted by molar-refractivity contribution is 9.13. The molecule has 0 aromatic carbocycles. The highest BCUT2D eigenvalue weighted by atomic mass is 79.9. The van der Waals surface area contributed by atoms with Gasteiger partial charge in [-0.15, -0.1) is 0 Å². The van der Waals surface area contributed by atoms with E-state index < -0.39 is 0 Å². The van der Waals surface area contributed by atoms with E-state index in [1.165, 1.54) is 0 Å². The predicted octanol–water partition coefficient (Wildman–Crippen LogP) is 3.22. The van der Waals surface area contributed by atoms with Crippen molar-refractivity contribution in [2.45, 2.75) is 6.54 Å². The summed E-state index contributed by atoms with van der Waals surface area (Å²) in [4.78, 5) is 3.17. The van der Waals surface area contributed by atoms with Crippen LogP contribution in [0.1, 0.15) is 5.76 Å². The van der Waals surface area contributed by atoms with Gasteiger partial charge >= 0.3 is 0 Å². The summed E-state index contributed by atoms with van der Waals surface area (Å²) in [5.74, 6) is 0.675. The first-order valence-corrected chi connectivity index (χ1v) is 4.09. The molecule has 1 aromatic heterocycles. The molecule has 0 saturated carbocycles. The molecule has 1 rings (SSSR count). The number of hydrogen-bond acceptors (Lipinski definition) is 1. The quantitative estimate of drug-likeness (QED) is 0.712. The van der Waals surface area contributed by atoms with Crippen molar-refractivity contribution >= 4 is 31.9 Å². The maximum atomic E-state index is 6.55. The summed E-state index contributed by atoms with van der Waals surface area (Å²) in [6.07, 6.45) is 0. The van der Waals surface area contributed by atoms with Crippen LogP contribution in [0.4, 0.5) is 0 Å². The fourth-order valence-corrected chi connectivity index (χ4v) is 1.21.